The van der Waals surface area contributed by atoms with E-state index in [-0.39, 0.29) is 12.5 Å². The number of aliphatic hydroxyl groups is 1. The number of aliphatic hydroxyl groups excluding tert-OH is 1. The molecule has 7 heteroatoms. The molecule has 1 rings (SSSR count). The lowest BCUT2D eigenvalue weighted by atomic mass is 9.97. The Balaban J connectivity index is 2.34. The molecule has 1 aliphatic rings. The Morgan fingerprint density at radius 2 is 2.17 bits per heavy atom. The van der Waals surface area contributed by atoms with Crippen LogP contribution in [0.5, 0.6) is 0 Å². The number of carbonyl (C=O) groups is 1. The molecule has 1 unspecified atom stereocenters. The van der Waals surface area contributed by atoms with Gasteiger partial charge in [-0.1, -0.05) is 0 Å². The van der Waals surface area contributed by atoms with E-state index in [1.807, 2.05) is 10.2 Å². The number of hydrogen-bond acceptors (Lipinski definition) is 3. The Kier molecular flexibility index (Phi) is 5.87. The zero-order valence-corrected chi connectivity index (χ0v) is 10.2. The SMILES string of the molecule is O=C(NCC(F)(F)F)C1CCCN(CCCO)C1. The van der Waals surface area contributed by atoms with Crippen LogP contribution in [0.3, 0.4) is 0 Å². The summed E-state index contributed by atoms with van der Waals surface area (Å²) >= 11 is 0. The van der Waals surface area contributed by atoms with E-state index in [0.717, 1.165) is 13.0 Å². The Morgan fingerprint density at radius 1 is 1.44 bits per heavy atom. The third kappa shape index (κ3) is 5.68. The normalized spacial score (nSPS) is 21.9. The van der Waals surface area contributed by atoms with E-state index >= 15 is 0 Å². The molecule has 2 N–H and O–H groups in total. The molecule has 0 radical (unpaired) electrons. The van der Waals surface area contributed by atoms with Crippen molar-refractivity contribution in [1.82, 2.24) is 10.2 Å². The molecule has 0 aromatic heterocycles. The lowest BCUT2D eigenvalue weighted by Gasteiger charge is -2.31. The van der Waals surface area contributed by atoms with Crippen molar-refractivity contribution in [3.63, 3.8) is 0 Å². The van der Waals surface area contributed by atoms with Crippen LogP contribution in [0.1, 0.15) is 19.3 Å². The van der Waals surface area contributed by atoms with Gasteiger partial charge in [0.2, 0.25) is 5.91 Å². The first-order valence-electron chi connectivity index (χ1n) is 6.10. The summed E-state index contributed by atoms with van der Waals surface area (Å²) in [6.07, 6.45) is -2.31. The fourth-order valence-electron chi connectivity index (χ4n) is 2.10. The van der Waals surface area contributed by atoms with Gasteiger partial charge in [0.1, 0.15) is 6.54 Å². The molecule has 0 spiro atoms. The average molecular weight is 268 g/mol. The van der Waals surface area contributed by atoms with Crippen LogP contribution in [0.2, 0.25) is 0 Å². The molecule has 0 saturated carbocycles. The van der Waals surface area contributed by atoms with Crippen molar-refractivity contribution in [2.75, 3.05) is 32.8 Å². The lowest BCUT2D eigenvalue weighted by Crippen LogP contribution is -2.45. The number of halogens is 3. The number of amides is 1. The zero-order valence-electron chi connectivity index (χ0n) is 10.2. The quantitative estimate of drug-likeness (QED) is 0.774. The van der Waals surface area contributed by atoms with Gasteiger partial charge in [-0.25, -0.2) is 0 Å². The fraction of sp³-hybridized carbons (Fsp3) is 0.909. The van der Waals surface area contributed by atoms with Gasteiger partial charge in [-0.05, 0) is 25.8 Å². The van der Waals surface area contributed by atoms with Crippen molar-refractivity contribution < 1.29 is 23.1 Å². The third-order valence-electron chi connectivity index (χ3n) is 2.97. The molecule has 0 bridgehead atoms. The predicted molar refractivity (Wildman–Crippen MR) is 59.9 cm³/mol. The summed E-state index contributed by atoms with van der Waals surface area (Å²) in [6.45, 7) is 0.812. The number of carbonyl (C=O) groups excluding carboxylic acids is 1. The largest absolute Gasteiger partial charge is 0.405 e. The van der Waals surface area contributed by atoms with Gasteiger partial charge < -0.3 is 15.3 Å². The monoisotopic (exact) mass is 268 g/mol. The summed E-state index contributed by atoms with van der Waals surface area (Å²) in [4.78, 5) is 13.6. The lowest BCUT2D eigenvalue weighted by molar-refractivity contribution is -0.141. The van der Waals surface area contributed by atoms with Gasteiger partial charge in [-0.15, -0.1) is 0 Å². The van der Waals surface area contributed by atoms with E-state index in [4.69, 9.17) is 5.11 Å². The van der Waals surface area contributed by atoms with Gasteiger partial charge in [0.25, 0.3) is 0 Å². The maximum atomic E-state index is 12.0. The first kappa shape index (κ1) is 15.2. The average Bonchev–Trinajstić information content (AvgIpc) is 2.33. The molecule has 1 saturated heterocycles. The van der Waals surface area contributed by atoms with Crippen LogP contribution in [0.25, 0.3) is 0 Å². The smallest absolute Gasteiger partial charge is 0.396 e. The van der Waals surface area contributed by atoms with Gasteiger partial charge >= 0.3 is 6.18 Å². The topological polar surface area (TPSA) is 52.6 Å². The highest BCUT2D eigenvalue weighted by atomic mass is 19.4. The van der Waals surface area contributed by atoms with Crippen molar-refractivity contribution >= 4 is 5.91 Å². The number of likely N-dealkylation sites (tertiary alicyclic amines) is 1. The predicted octanol–water partition coefficient (Wildman–Crippen LogP) is 0.759. The highest BCUT2D eigenvalue weighted by Gasteiger charge is 2.31. The van der Waals surface area contributed by atoms with Crippen LogP contribution in [0, 0.1) is 5.92 Å². The van der Waals surface area contributed by atoms with Crippen LogP contribution < -0.4 is 5.32 Å². The first-order valence-corrected chi connectivity index (χ1v) is 6.10. The molecule has 4 nitrogen and oxygen atoms in total. The Morgan fingerprint density at radius 3 is 2.78 bits per heavy atom. The molecular weight excluding hydrogens is 249 g/mol. The maximum Gasteiger partial charge on any atom is 0.405 e. The molecular formula is C11H19F3N2O2. The number of piperidine rings is 1. The summed E-state index contributed by atoms with van der Waals surface area (Å²) in [6, 6.07) is 0. The van der Waals surface area contributed by atoms with Gasteiger partial charge in [0.05, 0.1) is 5.92 Å². The van der Waals surface area contributed by atoms with Crippen LogP contribution >= 0.6 is 0 Å². The molecule has 1 aliphatic heterocycles. The zero-order chi connectivity index (χ0) is 13.6. The standard InChI is InChI=1S/C11H19F3N2O2/c12-11(13,14)8-15-10(18)9-3-1-4-16(7-9)5-2-6-17/h9,17H,1-8H2,(H,15,18). The van der Waals surface area contributed by atoms with E-state index in [0.29, 0.717) is 25.9 Å². The maximum absolute atomic E-state index is 12.0. The molecule has 1 amide bonds. The van der Waals surface area contributed by atoms with Crippen molar-refractivity contribution in [1.29, 1.82) is 0 Å². The second-order valence-electron chi connectivity index (χ2n) is 4.55. The number of alkyl halides is 3. The minimum Gasteiger partial charge on any atom is -0.396 e. The summed E-state index contributed by atoms with van der Waals surface area (Å²) in [5.74, 6) is -0.902. The summed E-state index contributed by atoms with van der Waals surface area (Å²) in [5, 5.41) is 10.6. The Hall–Kier alpha value is -0.820. The van der Waals surface area contributed by atoms with Crippen molar-refractivity contribution in [3.8, 4) is 0 Å². The second kappa shape index (κ2) is 6.94. The van der Waals surface area contributed by atoms with Gasteiger partial charge in [-0.3, -0.25) is 4.79 Å². The first-order chi connectivity index (χ1) is 8.42. The highest BCUT2D eigenvalue weighted by Crippen LogP contribution is 2.18. The molecule has 18 heavy (non-hydrogen) atoms. The van der Waals surface area contributed by atoms with E-state index in [9.17, 15) is 18.0 Å². The molecule has 0 aromatic rings. The minimum absolute atomic E-state index is 0.0848. The number of hydrogen-bond donors (Lipinski definition) is 2. The Bertz CT molecular complexity index is 272. The van der Waals surface area contributed by atoms with Crippen LogP contribution in [-0.4, -0.2) is 54.9 Å². The van der Waals surface area contributed by atoms with E-state index in [1.165, 1.54) is 0 Å². The van der Waals surface area contributed by atoms with Crippen LogP contribution in [0.4, 0.5) is 13.2 Å². The number of rotatable bonds is 5. The third-order valence-corrected chi connectivity index (χ3v) is 2.97. The van der Waals surface area contributed by atoms with Gasteiger partial charge in [0, 0.05) is 19.7 Å². The molecule has 1 atom stereocenters. The summed E-state index contributed by atoms with van der Waals surface area (Å²) in [7, 11) is 0. The van der Waals surface area contributed by atoms with Crippen molar-refractivity contribution in [2.45, 2.75) is 25.4 Å². The second-order valence-corrected chi connectivity index (χ2v) is 4.55. The van der Waals surface area contributed by atoms with Gasteiger partial charge in [-0.2, -0.15) is 13.2 Å². The van der Waals surface area contributed by atoms with E-state index < -0.39 is 18.6 Å². The summed E-state index contributed by atoms with van der Waals surface area (Å²) < 4.78 is 35.9. The Labute approximate surface area is 104 Å². The van der Waals surface area contributed by atoms with Gasteiger partial charge in [0.15, 0.2) is 0 Å². The number of nitrogens with zero attached hydrogens (tertiary/aromatic N) is 1. The van der Waals surface area contributed by atoms with Crippen LogP contribution in [-0.2, 0) is 4.79 Å². The molecule has 0 aliphatic carbocycles. The van der Waals surface area contributed by atoms with Crippen molar-refractivity contribution in [2.24, 2.45) is 5.92 Å². The highest BCUT2D eigenvalue weighted by molar-refractivity contribution is 5.79. The summed E-state index contributed by atoms with van der Waals surface area (Å²) in [5.41, 5.74) is 0. The molecule has 0 aromatic carbocycles. The van der Waals surface area contributed by atoms with E-state index in [2.05, 4.69) is 0 Å². The van der Waals surface area contributed by atoms with E-state index in [1.54, 1.807) is 0 Å². The molecule has 106 valence electrons. The molecule has 1 fully saturated rings. The fourth-order valence-corrected chi connectivity index (χ4v) is 2.10. The number of nitrogens with one attached hydrogen (secondary N) is 1. The molecule has 1 heterocycles. The minimum atomic E-state index is -4.36. The van der Waals surface area contributed by atoms with Crippen LogP contribution in [0.15, 0.2) is 0 Å². The van der Waals surface area contributed by atoms with Crippen molar-refractivity contribution in [3.05, 3.63) is 0 Å².